The highest BCUT2D eigenvalue weighted by Gasteiger charge is 2.11. The smallest absolute Gasteiger partial charge is 0.296 e. The molecule has 0 saturated carbocycles. The molecule has 3 heterocycles. The van der Waals surface area contributed by atoms with E-state index in [1.165, 1.54) is 16.9 Å². The number of benzene rings is 2. The monoisotopic (exact) mass is 386 g/mol. The number of rotatable bonds is 3. The van der Waals surface area contributed by atoms with Crippen molar-refractivity contribution in [2.45, 2.75) is 20.4 Å². The number of pyridine rings is 1. The number of aryl methyl sites for hydroxylation is 2. The van der Waals surface area contributed by atoms with Gasteiger partial charge in [0, 0.05) is 11.9 Å². The summed E-state index contributed by atoms with van der Waals surface area (Å²) in [6.07, 6.45) is 3.56. The van der Waals surface area contributed by atoms with E-state index in [0.29, 0.717) is 6.54 Å². The van der Waals surface area contributed by atoms with E-state index < -0.39 is 0 Å². The van der Waals surface area contributed by atoms with E-state index in [2.05, 4.69) is 50.9 Å². The summed E-state index contributed by atoms with van der Waals surface area (Å²) in [5, 5.41) is 0. The highest BCUT2D eigenvalue weighted by Crippen LogP contribution is 2.22. The first kappa shape index (κ1) is 16.9. The number of aromatic nitrogens is 4. The standard InChI is InChI=1S/C22H18N4OS/c1-14-3-8-20-21(11-14)28-22(27)25(20)13-16-4-6-17(7-5-16)26-15(2)24-18-12-23-10-9-19(18)26/h3-12H,13H2,1-2H3. The molecule has 0 spiro atoms. The largest absolute Gasteiger partial charge is 0.308 e. The molecule has 0 aliphatic heterocycles. The lowest BCUT2D eigenvalue weighted by Gasteiger charge is -2.09. The number of thiazole rings is 1. The van der Waals surface area contributed by atoms with Gasteiger partial charge in [-0.05, 0) is 55.3 Å². The van der Waals surface area contributed by atoms with Gasteiger partial charge in [0.1, 0.15) is 11.3 Å². The first-order valence-corrected chi connectivity index (χ1v) is 9.90. The highest BCUT2D eigenvalue weighted by molar-refractivity contribution is 7.16. The fourth-order valence-electron chi connectivity index (χ4n) is 3.63. The quantitative estimate of drug-likeness (QED) is 0.460. The topological polar surface area (TPSA) is 52.7 Å². The average Bonchev–Trinajstić information content (AvgIpc) is 3.18. The summed E-state index contributed by atoms with van der Waals surface area (Å²) in [5.74, 6) is 0.922. The molecule has 5 aromatic rings. The Morgan fingerprint density at radius 3 is 2.64 bits per heavy atom. The third-order valence-corrected chi connectivity index (χ3v) is 5.93. The van der Waals surface area contributed by atoms with E-state index in [9.17, 15) is 4.79 Å². The number of imidazole rings is 1. The number of hydrogen-bond acceptors (Lipinski definition) is 4. The lowest BCUT2D eigenvalue weighted by molar-refractivity contribution is 0.815. The Balaban J connectivity index is 1.52. The van der Waals surface area contributed by atoms with E-state index in [1.54, 1.807) is 12.4 Å². The first-order valence-electron chi connectivity index (χ1n) is 9.08. The molecule has 0 amide bonds. The van der Waals surface area contributed by atoms with Crippen LogP contribution in [0.25, 0.3) is 26.9 Å². The summed E-state index contributed by atoms with van der Waals surface area (Å²) in [4.78, 5) is 21.3. The zero-order valence-corrected chi connectivity index (χ0v) is 16.4. The minimum absolute atomic E-state index is 0.0774. The number of nitrogens with zero attached hydrogens (tertiary/aromatic N) is 4. The van der Waals surface area contributed by atoms with Crippen LogP contribution in [0.3, 0.4) is 0 Å². The third-order valence-electron chi connectivity index (χ3n) is 4.98. The van der Waals surface area contributed by atoms with Crippen LogP contribution in [0.5, 0.6) is 0 Å². The number of fused-ring (bicyclic) bond motifs is 2. The summed E-state index contributed by atoms with van der Waals surface area (Å²) >= 11 is 1.31. The van der Waals surface area contributed by atoms with Gasteiger partial charge in [-0.3, -0.25) is 18.9 Å². The van der Waals surface area contributed by atoms with Crippen molar-refractivity contribution in [3.05, 3.63) is 87.5 Å². The molecule has 2 aromatic carbocycles. The van der Waals surface area contributed by atoms with Crippen LogP contribution in [-0.4, -0.2) is 19.1 Å². The minimum atomic E-state index is 0.0774. The molecule has 0 N–H and O–H groups in total. The minimum Gasteiger partial charge on any atom is -0.296 e. The number of hydrogen-bond donors (Lipinski definition) is 0. The van der Waals surface area contributed by atoms with Gasteiger partial charge in [-0.25, -0.2) is 4.98 Å². The third kappa shape index (κ3) is 2.73. The van der Waals surface area contributed by atoms with Crippen molar-refractivity contribution in [2.75, 3.05) is 0 Å². The van der Waals surface area contributed by atoms with E-state index in [4.69, 9.17) is 0 Å². The Morgan fingerprint density at radius 2 is 1.82 bits per heavy atom. The Hall–Kier alpha value is -3.25. The molecule has 5 rings (SSSR count). The van der Waals surface area contributed by atoms with Gasteiger partial charge in [0.05, 0.1) is 28.5 Å². The summed E-state index contributed by atoms with van der Waals surface area (Å²) in [5.41, 5.74) is 6.23. The van der Waals surface area contributed by atoms with Crippen molar-refractivity contribution < 1.29 is 0 Å². The van der Waals surface area contributed by atoms with Crippen LogP contribution in [-0.2, 0) is 6.54 Å². The van der Waals surface area contributed by atoms with Crippen molar-refractivity contribution in [3.63, 3.8) is 0 Å². The second-order valence-corrected chi connectivity index (χ2v) is 7.94. The van der Waals surface area contributed by atoms with Crippen molar-refractivity contribution in [3.8, 4) is 5.69 Å². The molecule has 0 atom stereocenters. The predicted octanol–water partition coefficient (Wildman–Crippen LogP) is 4.46. The maximum Gasteiger partial charge on any atom is 0.308 e. The molecule has 0 bridgehead atoms. The molecule has 0 saturated heterocycles. The lowest BCUT2D eigenvalue weighted by atomic mass is 10.2. The van der Waals surface area contributed by atoms with E-state index >= 15 is 0 Å². The summed E-state index contributed by atoms with van der Waals surface area (Å²) in [6, 6.07) is 16.4. The molecule has 138 valence electrons. The molecule has 3 aromatic heterocycles. The van der Waals surface area contributed by atoms with Crippen LogP contribution in [0.2, 0.25) is 0 Å². The Kier molecular flexibility index (Phi) is 3.87. The van der Waals surface area contributed by atoms with Gasteiger partial charge >= 0.3 is 4.87 Å². The summed E-state index contributed by atoms with van der Waals surface area (Å²) < 4.78 is 5.00. The molecule has 0 radical (unpaired) electrons. The van der Waals surface area contributed by atoms with Gasteiger partial charge in [0.25, 0.3) is 0 Å². The molecule has 0 aliphatic rings. The molecule has 28 heavy (non-hydrogen) atoms. The molecule has 5 nitrogen and oxygen atoms in total. The summed E-state index contributed by atoms with van der Waals surface area (Å²) in [6.45, 7) is 4.60. The van der Waals surface area contributed by atoms with Crippen LogP contribution < -0.4 is 4.87 Å². The molecular weight excluding hydrogens is 368 g/mol. The van der Waals surface area contributed by atoms with Gasteiger partial charge in [0.15, 0.2) is 0 Å². The Morgan fingerprint density at radius 1 is 1.00 bits per heavy atom. The van der Waals surface area contributed by atoms with Crippen LogP contribution >= 0.6 is 11.3 Å². The second kappa shape index (κ2) is 6.42. The second-order valence-electron chi connectivity index (χ2n) is 6.95. The molecular formula is C22H18N4OS. The first-order chi connectivity index (χ1) is 13.6. The predicted molar refractivity (Wildman–Crippen MR) is 114 cm³/mol. The maximum absolute atomic E-state index is 12.5. The van der Waals surface area contributed by atoms with Crippen molar-refractivity contribution >= 4 is 32.6 Å². The summed E-state index contributed by atoms with van der Waals surface area (Å²) in [7, 11) is 0. The fourth-order valence-corrected chi connectivity index (χ4v) is 4.62. The van der Waals surface area contributed by atoms with E-state index in [0.717, 1.165) is 38.3 Å². The van der Waals surface area contributed by atoms with Crippen LogP contribution in [0.15, 0.2) is 65.7 Å². The van der Waals surface area contributed by atoms with Crippen LogP contribution in [0, 0.1) is 13.8 Å². The molecule has 0 fully saturated rings. The Bertz CT molecular complexity index is 1380. The Labute approximate surface area is 165 Å². The van der Waals surface area contributed by atoms with Gasteiger partial charge in [-0.1, -0.05) is 29.5 Å². The van der Waals surface area contributed by atoms with Crippen LogP contribution in [0.4, 0.5) is 0 Å². The lowest BCUT2D eigenvalue weighted by Crippen LogP contribution is -2.13. The van der Waals surface area contributed by atoms with Crippen molar-refractivity contribution in [1.82, 2.24) is 19.1 Å². The maximum atomic E-state index is 12.5. The SMILES string of the molecule is Cc1ccc2c(c1)sc(=O)n2Cc1ccc(-n2c(C)nc3cnccc32)cc1. The van der Waals surface area contributed by atoms with Gasteiger partial charge in [0.2, 0.25) is 0 Å². The normalized spacial score (nSPS) is 11.5. The molecule has 0 aliphatic carbocycles. The molecule has 0 unspecified atom stereocenters. The fraction of sp³-hybridized carbons (Fsp3) is 0.136. The van der Waals surface area contributed by atoms with Crippen LogP contribution in [0.1, 0.15) is 17.0 Å². The zero-order valence-electron chi connectivity index (χ0n) is 15.6. The van der Waals surface area contributed by atoms with E-state index in [-0.39, 0.29) is 4.87 Å². The van der Waals surface area contributed by atoms with Crippen molar-refractivity contribution in [1.29, 1.82) is 0 Å². The van der Waals surface area contributed by atoms with E-state index in [1.807, 2.05) is 30.5 Å². The van der Waals surface area contributed by atoms with Gasteiger partial charge in [-0.15, -0.1) is 0 Å². The average molecular weight is 386 g/mol. The van der Waals surface area contributed by atoms with Gasteiger partial charge in [-0.2, -0.15) is 0 Å². The van der Waals surface area contributed by atoms with Crippen molar-refractivity contribution in [2.24, 2.45) is 0 Å². The highest BCUT2D eigenvalue weighted by atomic mass is 32.1. The zero-order chi connectivity index (χ0) is 19.3. The molecule has 6 heteroatoms. The van der Waals surface area contributed by atoms with Gasteiger partial charge < -0.3 is 0 Å².